The Kier molecular flexibility index (Phi) is 4.68. The first-order valence-corrected chi connectivity index (χ1v) is 8.93. The number of pyridine rings is 1. The Morgan fingerprint density at radius 2 is 1.64 bits per heavy atom. The third kappa shape index (κ3) is 3.53. The van der Waals surface area contributed by atoms with Crippen LogP contribution in [0.25, 0.3) is 10.9 Å². The second kappa shape index (κ2) is 7.44. The summed E-state index contributed by atoms with van der Waals surface area (Å²) in [7, 11) is 0. The molecule has 0 spiro atoms. The molecule has 0 saturated heterocycles. The third-order valence-corrected chi connectivity index (χ3v) is 4.62. The van der Waals surface area contributed by atoms with E-state index in [2.05, 4.69) is 25.6 Å². The number of anilines is 3. The highest BCUT2D eigenvalue weighted by atomic mass is 16.1. The van der Waals surface area contributed by atoms with Crippen molar-refractivity contribution in [2.24, 2.45) is 0 Å². The van der Waals surface area contributed by atoms with Crippen molar-refractivity contribution in [3.05, 3.63) is 83.8 Å². The number of hydrogen-bond acceptors (Lipinski definition) is 5. The molecule has 2 aromatic heterocycles. The van der Waals surface area contributed by atoms with Gasteiger partial charge in [-0.1, -0.05) is 30.3 Å². The van der Waals surface area contributed by atoms with Crippen LogP contribution in [0.1, 0.15) is 21.6 Å². The van der Waals surface area contributed by atoms with Crippen LogP contribution in [-0.2, 0) is 0 Å². The molecule has 28 heavy (non-hydrogen) atoms. The number of aryl methyl sites for hydroxylation is 1. The molecule has 2 heterocycles. The van der Waals surface area contributed by atoms with Crippen LogP contribution in [0, 0.1) is 13.8 Å². The van der Waals surface area contributed by atoms with Gasteiger partial charge in [0.15, 0.2) is 0 Å². The van der Waals surface area contributed by atoms with Crippen LogP contribution in [0.15, 0.2) is 67.0 Å². The zero-order valence-electron chi connectivity index (χ0n) is 15.6. The number of nitrogens with one attached hydrogen (secondary N) is 2. The molecular weight excluding hydrogens is 350 g/mol. The van der Waals surface area contributed by atoms with Crippen molar-refractivity contribution in [3.63, 3.8) is 0 Å². The average molecular weight is 369 g/mol. The summed E-state index contributed by atoms with van der Waals surface area (Å²) in [4.78, 5) is 25.7. The number of amides is 1. The van der Waals surface area contributed by atoms with E-state index in [0.717, 1.165) is 22.2 Å². The van der Waals surface area contributed by atoms with Crippen LogP contribution in [0.4, 0.5) is 17.3 Å². The molecule has 0 atom stereocenters. The van der Waals surface area contributed by atoms with Gasteiger partial charge in [-0.15, -0.1) is 0 Å². The van der Waals surface area contributed by atoms with Gasteiger partial charge in [0, 0.05) is 23.5 Å². The first-order valence-electron chi connectivity index (χ1n) is 8.93. The fourth-order valence-electron chi connectivity index (χ4n) is 2.94. The second-order valence-corrected chi connectivity index (χ2v) is 6.47. The minimum Gasteiger partial charge on any atom is -0.324 e. The van der Waals surface area contributed by atoms with E-state index in [1.807, 2.05) is 62.4 Å². The predicted octanol–water partition coefficient (Wildman–Crippen LogP) is 4.64. The Morgan fingerprint density at radius 1 is 0.857 bits per heavy atom. The number of carbonyl (C=O) groups excluding carboxylic acids is 1. The smallest absolute Gasteiger partial charge is 0.274 e. The molecule has 4 rings (SSSR count). The molecule has 0 aliphatic heterocycles. The van der Waals surface area contributed by atoms with Crippen molar-refractivity contribution >= 4 is 34.1 Å². The zero-order valence-corrected chi connectivity index (χ0v) is 15.6. The van der Waals surface area contributed by atoms with E-state index >= 15 is 0 Å². The minimum absolute atomic E-state index is 0.274. The van der Waals surface area contributed by atoms with Gasteiger partial charge in [0.1, 0.15) is 5.69 Å². The molecule has 0 fully saturated rings. The van der Waals surface area contributed by atoms with Crippen LogP contribution in [0.5, 0.6) is 0 Å². The Bertz CT molecular complexity index is 1170. The maximum atomic E-state index is 12.7. The van der Waals surface area contributed by atoms with Crippen LogP contribution in [-0.4, -0.2) is 20.9 Å². The van der Waals surface area contributed by atoms with Crippen molar-refractivity contribution in [1.82, 2.24) is 15.0 Å². The van der Waals surface area contributed by atoms with Gasteiger partial charge in [-0.2, -0.15) is 0 Å². The Morgan fingerprint density at radius 3 is 2.54 bits per heavy atom. The molecule has 6 heteroatoms. The molecule has 0 bridgehead atoms. The van der Waals surface area contributed by atoms with E-state index in [9.17, 15) is 4.79 Å². The number of rotatable bonds is 4. The number of benzene rings is 2. The van der Waals surface area contributed by atoms with Gasteiger partial charge in [-0.05, 0) is 49.2 Å². The van der Waals surface area contributed by atoms with Gasteiger partial charge in [0.25, 0.3) is 5.91 Å². The fourth-order valence-corrected chi connectivity index (χ4v) is 2.94. The number of carbonyl (C=O) groups is 1. The summed E-state index contributed by atoms with van der Waals surface area (Å²) in [5.41, 5.74) is 4.85. The van der Waals surface area contributed by atoms with E-state index in [-0.39, 0.29) is 11.6 Å². The predicted molar refractivity (Wildman–Crippen MR) is 111 cm³/mol. The maximum absolute atomic E-state index is 12.7. The molecule has 2 aromatic carbocycles. The fraction of sp³-hybridized carbons (Fsp3) is 0.0909. The average Bonchev–Trinajstić information content (AvgIpc) is 2.72. The lowest BCUT2D eigenvalue weighted by molar-refractivity contribution is 0.102. The lowest BCUT2D eigenvalue weighted by Crippen LogP contribution is -2.15. The molecule has 2 N–H and O–H groups in total. The molecular formula is C22H19N5O. The number of hydrogen-bond donors (Lipinski definition) is 2. The quantitative estimate of drug-likeness (QED) is 0.548. The lowest BCUT2D eigenvalue weighted by atomic mass is 10.1. The van der Waals surface area contributed by atoms with E-state index in [1.165, 1.54) is 5.56 Å². The highest BCUT2D eigenvalue weighted by molar-refractivity contribution is 6.07. The van der Waals surface area contributed by atoms with Crippen molar-refractivity contribution in [1.29, 1.82) is 0 Å². The van der Waals surface area contributed by atoms with Crippen molar-refractivity contribution in [2.75, 3.05) is 10.6 Å². The van der Waals surface area contributed by atoms with Crippen LogP contribution in [0.2, 0.25) is 0 Å². The van der Waals surface area contributed by atoms with E-state index < -0.39 is 0 Å². The maximum Gasteiger partial charge on any atom is 0.274 e. The summed E-state index contributed by atoms with van der Waals surface area (Å²) >= 11 is 0. The summed E-state index contributed by atoms with van der Waals surface area (Å²) < 4.78 is 0. The van der Waals surface area contributed by atoms with E-state index in [0.29, 0.717) is 11.6 Å². The van der Waals surface area contributed by atoms with E-state index in [4.69, 9.17) is 0 Å². The molecule has 1 amide bonds. The molecule has 0 aliphatic rings. The Balaban J connectivity index is 1.58. The molecule has 138 valence electrons. The van der Waals surface area contributed by atoms with Crippen LogP contribution >= 0.6 is 0 Å². The summed E-state index contributed by atoms with van der Waals surface area (Å²) in [6.07, 6.45) is 3.27. The molecule has 4 aromatic rings. The Hall–Kier alpha value is -3.80. The van der Waals surface area contributed by atoms with Crippen molar-refractivity contribution < 1.29 is 4.79 Å². The summed E-state index contributed by atoms with van der Waals surface area (Å²) in [6, 6.07) is 17.0. The number of nitrogens with zero attached hydrogens (tertiary/aromatic N) is 3. The van der Waals surface area contributed by atoms with Crippen molar-refractivity contribution in [3.8, 4) is 0 Å². The van der Waals surface area contributed by atoms with Crippen LogP contribution in [0.3, 0.4) is 0 Å². The molecule has 0 saturated carbocycles. The molecule has 0 aliphatic carbocycles. The second-order valence-electron chi connectivity index (χ2n) is 6.47. The van der Waals surface area contributed by atoms with Gasteiger partial charge in [-0.25, -0.2) is 9.97 Å². The topological polar surface area (TPSA) is 79.8 Å². The zero-order chi connectivity index (χ0) is 19.5. The summed E-state index contributed by atoms with van der Waals surface area (Å²) in [6.45, 7) is 4.07. The van der Waals surface area contributed by atoms with Crippen LogP contribution < -0.4 is 10.6 Å². The first kappa shape index (κ1) is 17.6. The van der Waals surface area contributed by atoms with E-state index in [1.54, 1.807) is 18.5 Å². The lowest BCUT2D eigenvalue weighted by Gasteiger charge is -2.11. The number of aromatic nitrogens is 3. The summed E-state index contributed by atoms with van der Waals surface area (Å²) in [5.74, 6) is 0.0574. The highest BCUT2D eigenvalue weighted by Gasteiger charge is 2.12. The van der Waals surface area contributed by atoms with Gasteiger partial charge >= 0.3 is 0 Å². The standard InChI is InChI=1S/C22H19N5O/c1-14-6-3-9-17(15(14)2)26-22-24-13-11-19(27-22)21(28)25-18-10-4-7-16-8-5-12-23-20(16)18/h3-13H,1-2H3,(H,25,28)(H,24,26,27). The van der Waals surface area contributed by atoms with Gasteiger partial charge < -0.3 is 10.6 Å². The molecule has 0 unspecified atom stereocenters. The molecule has 0 radical (unpaired) electrons. The van der Waals surface area contributed by atoms with Gasteiger partial charge in [0.2, 0.25) is 5.95 Å². The Labute approximate surface area is 162 Å². The van der Waals surface area contributed by atoms with Gasteiger partial charge in [0.05, 0.1) is 11.2 Å². The molecule has 6 nitrogen and oxygen atoms in total. The monoisotopic (exact) mass is 369 g/mol. The number of fused-ring (bicyclic) bond motifs is 1. The summed E-state index contributed by atoms with van der Waals surface area (Å²) in [5, 5.41) is 7.04. The first-order chi connectivity index (χ1) is 13.6. The normalized spacial score (nSPS) is 10.6. The SMILES string of the molecule is Cc1cccc(Nc2nccc(C(=O)Nc3cccc4cccnc34)n2)c1C. The van der Waals surface area contributed by atoms with Gasteiger partial charge in [-0.3, -0.25) is 9.78 Å². The highest BCUT2D eigenvalue weighted by Crippen LogP contribution is 2.22. The third-order valence-electron chi connectivity index (χ3n) is 4.62. The van der Waals surface area contributed by atoms with Crippen molar-refractivity contribution in [2.45, 2.75) is 13.8 Å². The number of para-hydroxylation sites is 1. The largest absolute Gasteiger partial charge is 0.324 e. The minimum atomic E-state index is -0.315.